The van der Waals surface area contributed by atoms with E-state index in [-0.39, 0.29) is 17.9 Å². The maximum absolute atomic E-state index is 12.6. The van der Waals surface area contributed by atoms with Gasteiger partial charge in [-0.1, -0.05) is 0 Å². The second-order valence-corrected chi connectivity index (χ2v) is 8.17. The van der Waals surface area contributed by atoms with Gasteiger partial charge >= 0.3 is 6.09 Å². The number of nitrogens with one attached hydrogen (secondary N) is 1. The van der Waals surface area contributed by atoms with Gasteiger partial charge in [-0.05, 0) is 47.0 Å². The van der Waals surface area contributed by atoms with Gasteiger partial charge in [-0.2, -0.15) is 5.10 Å². The van der Waals surface area contributed by atoms with E-state index in [1.807, 2.05) is 34.7 Å². The SMILES string of the molecule is CCOCCCNC(=O)c1cn(C)nc1C1CCCN(C(=O)OC(C)(C)C)C1. The maximum atomic E-state index is 12.6. The Morgan fingerprint density at radius 3 is 2.79 bits per heavy atom. The van der Waals surface area contributed by atoms with Crippen LogP contribution in [0.1, 0.15) is 68.9 Å². The zero-order valence-electron chi connectivity index (χ0n) is 17.8. The summed E-state index contributed by atoms with van der Waals surface area (Å²) >= 11 is 0. The van der Waals surface area contributed by atoms with Gasteiger partial charge in [-0.25, -0.2) is 4.79 Å². The van der Waals surface area contributed by atoms with Crippen LogP contribution in [0.4, 0.5) is 4.79 Å². The third kappa shape index (κ3) is 6.51. The molecule has 2 amide bonds. The molecule has 1 saturated heterocycles. The summed E-state index contributed by atoms with van der Waals surface area (Å²) in [6.45, 7) is 10.6. The smallest absolute Gasteiger partial charge is 0.410 e. The van der Waals surface area contributed by atoms with Crippen LogP contribution in [0.2, 0.25) is 0 Å². The highest BCUT2D eigenvalue weighted by atomic mass is 16.6. The molecule has 0 aliphatic carbocycles. The number of aromatic nitrogens is 2. The summed E-state index contributed by atoms with van der Waals surface area (Å²) in [6.07, 6.45) is 3.96. The van der Waals surface area contributed by atoms with Crippen LogP contribution in [-0.4, -0.2) is 65.1 Å². The summed E-state index contributed by atoms with van der Waals surface area (Å²) < 4.78 is 12.5. The lowest BCUT2D eigenvalue weighted by Gasteiger charge is -2.33. The van der Waals surface area contributed by atoms with Crippen molar-refractivity contribution in [1.82, 2.24) is 20.0 Å². The van der Waals surface area contributed by atoms with E-state index < -0.39 is 5.60 Å². The third-order valence-electron chi connectivity index (χ3n) is 4.52. The van der Waals surface area contributed by atoms with Crippen LogP contribution >= 0.6 is 0 Å². The highest BCUT2D eigenvalue weighted by molar-refractivity contribution is 5.95. The number of ether oxygens (including phenoxy) is 2. The molecule has 2 rings (SSSR count). The first-order chi connectivity index (χ1) is 13.2. The average Bonchev–Trinajstić information content (AvgIpc) is 3.02. The quantitative estimate of drug-likeness (QED) is 0.719. The van der Waals surface area contributed by atoms with Gasteiger partial charge in [-0.3, -0.25) is 9.48 Å². The lowest BCUT2D eigenvalue weighted by atomic mass is 9.92. The Morgan fingerprint density at radius 1 is 1.36 bits per heavy atom. The number of hydrogen-bond acceptors (Lipinski definition) is 5. The van der Waals surface area contributed by atoms with Crippen LogP contribution in [0, 0.1) is 0 Å². The summed E-state index contributed by atoms with van der Waals surface area (Å²) in [7, 11) is 1.81. The van der Waals surface area contributed by atoms with E-state index in [1.54, 1.807) is 15.8 Å². The topological polar surface area (TPSA) is 85.7 Å². The summed E-state index contributed by atoms with van der Waals surface area (Å²) in [5.74, 6) is -0.111. The Labute approximate surface area is 167 Å². The van der Waals surface area contributed by atoms with E-state index in [4.69, 9.17) is 9.47 Å². The van der Waals surface area contributed by atoms with Gasteiger partial charge in [0.25, 0.3) is 5.91 Å². The molecule has 0 spiro atoms. The zero-order chi connectivity index (χ0) is 20.7. The number of nitrogens with zero attached hydrogens (tertiary/aromatic N) is 3. The highest BCUT2D eigenvalue weighted by Gasteiger charge is 2.31. The first-order valence-electron chi connectivity index (χ1n) is 10.1. The molecule has 1 aromatic rings. The Hall–Kier alpha value is -2.09. The van der Waals surface area contributed by atoms with Crippen molar-refractivity contribution in [3.63, 3.8) is 0 Å². The third-order valence-corrected chi connectivity index (χ3v) is 4.52. The predicted octanol–water partition coefficient (Wildman–Crippen LogP) is 2.69. The zero-order valence-corrected chi connectivity index (χ0v) is 17.8. The molecule has 0 bridgehead atoms. The summed E-state index contributed by atoms with van der Waals surface area (Å²) in [6, 6.07) is 0. The van der Waals surface area contributed by atoms with E-state index in [0.29, 0.717) is 38.4 Å². The Morgan fingerprint density at radius 2 is 2.11 bits per heavy atom. The van der Waals surface area contributed by atoms with Crippen molar-refractivity contribution in [3.05, 3.63) is 17.5 Å². The van der Waals surface area contributed by atoms with Gasteiger partial charge in [0.15, 0.2) is 0 Å². The molecule has 8 heteroatoms. The Balaban J connectivity index is 2.02. The molecule has 1 aromatic heterocycles. The van der Waals surface area contributed by atoms with E-state index in [1.165, 1.54) is 0 Å². The summed E-state index contributed by atoms with van der Waals surface area (Å²) in [5, 5.41) is 7.47. The molecule has 1 N–H and O–H groups in total. The number of piperidine rings is 1. The normalized spacial score (nSPS) is 17.5. The first kappa shape index (κ1) is 22.2. The molecule has 1 atom stereocenters. The van der Waals surface area contributed by atoms with Gasteiger partial charge in [-0.15, -0.1) is 0 Å². The van der Waals surface area contributed by atoms with E-state index in [9.17, 15) is 9.59 Å². The molecule has 28 heavy (non-hydrogen) atoms. The number of carbonyl (C=O) groups excluding carboxylic acids is 2. The highest BCUT2D eigenvalue weighted by Crippen LogP contribution is 2.29. The second kappa shape index (κ2) is 9.91. The van der Waals surface area contributed by atoms with Crippen LogP contribution in [0.15, 0.2) is 6.20 Å². The molecule has 158 valence electrons. The molecule has 0 radical (unpaired) electrons. The fraction of sp³-hybridized carbons (Fsp3) is 0.750. The van der Waals surface area contributed by atoms with Crippen LogP contribution in [0.3, 0.4) is 0 Å². The molecule has 1 aliphatic heterocycles. The minimum atomic E-state index is -0.526. The van der Waals surface area contributed by atoms with E-state index in [0.717, 1.165) is 25.0 Å². The van der Waals surface area contributed by atoms with Gasteiger partial charge < -0.3 is 19.7 Å². The van der Waals surface area contributed by atoms with Crippen LogP contribution in [-0.2, 0) is 16.5 Å². The number of carbonyl (C=O) groups is 2. The van der Waals surface area contributed by atoms with Crippen LogP contribution < -0.4 is 5.32 Å². The van der Waals surface area contributed by atoms with Crippen LogP contribution in [0.5, 0.6) is 0 Å². The van der Waals surface area contributed by atoms with Crippen molar-refractivity contribution in [2.45, 2.75) is 58.5 Å². The molecular formula is C20H34N4O4. The van der Waals surface area contributed by atoms with Gasteiger partial charge in [0.1, 0.15) is 5.60 Å². The first-order valence-corrected chi connectivity index (χ1v) is 10.1. The number of hydrogen-bond donors (Lipinski definition) is 1. The molecule has 2 heterocycles. The van der Waals surface area contributed by atoms with E-state index >= 15 is 0 Å². The largest absolute Gasteiger partial charge is 0.444 e. The fourth-order valence-corrected chi connectivity index (χ4v) is 3.29. The lowest BCUT2D eigenvalue weighted by Crippen LogP contribution is -2.42. The monoisotopic (exact) mass is 394 g/mol. The number of likely N-dealkylation sites (tertiary alicyclic amines) is 1. The molecule has 8 nitrogen and oxygen atoms in total. The maximum Gasteiger partial charge on any atom is 0.410 e. The summed E-state index contributed by atoms with van der Waals surface area (Å²) in [5.41, 5.74) is 0.801. The molecule has 1 aliphatic rings. The number of amides is 2. The van der Waals surface area contributed by atoms with Crippen molar-refractivity contribution in [2.24, 2.45) is 7.05 Å². The second-order valence-electron chi connectivity index (χ2n) is 8.17. The fourth-order valence-electron chi connectivity index (χ4n) is 3.29. The molecular weight excluding hydrogens is 360 g/mol. The van der Waals surface area contributed by atoms with Crippen molar-refractivity contribution in [3.8, 4) is 0 Å². The van der Waals surface area contributed by atoms with Gasteiger partial charge in [0.2, 0.25) is 0 Å². The Bertz CT molecular complexity index is 666. The standard InChI is InChI=1S/C20H34N4O4/c1-6-27-12-8-10-21-18(25)16-14-23(5)22-17(16)15-9-7-11-24(13-15)19(26)28-20(2,3)4/h14-15H,6-13H2,1-5H3,(H,21,25). The number of aryl methyl sites for hydroxylation is 1. The predicted molar refractivity (Wildman–Crippen MR) is 106 cm³/mol. The molecule has 0 saturated carbocycles. The van der Waals surface area contributed by atoms with Crippen LogP contribution in [0.25, 0.3) is 0 Å². The lowest BCUT2D eigenvalue weighted by molar-refractivity contribution is 0.0197. The van der Waals surface area contributed by atoms with Crippen molar-refractivity contribution in [1.29, 1.82) is 0 Å². The molecule has 0 aromatic carbocycles. The molecule has 1 fully saturated rings. The van der Waals surface area contributed by atoms with Crippen molar-refractivity contribution < 1.29 is 19.1 Å². The minimum Gasteiger partial charge on any atom is -0.444 e. The van der Waals surface area contributed by atoms with Gasteiger partial charge in [0, 0.05) is 52.0 Å². The minimum absolute atomic E-state index is 0.0200. The van der Waals surface area contributed by atoms with Crippen molar-refractivity contribution >= 4 is 12.0 Å². The number of rotatable bonds is 7. The van der Waals surface area contributed by atoms with Crippen molar-refractivity contribution in [2.75, 3.05) is 32.8 Å². The van der Waals surface area contributed by atoms with E-state index in [2.05, 4.69) is 10.4 Å². The average molecular weight is 395 g/mol. The van der Waals surface area contributed by atoms with Gasteiger partial charge in [0.05, 0.1) is 11.3 Å². The Kier molecular flexibility index (Phi) is 7.86. The molecule has 1 unspecified atom stereocenters. The summed E-state index contributed by atoms with van der Waals surface area (Å²) in [4.78, 5) is 26.8.